The lowest BCUT2D eigenvalue weighted by Gasteiger charge is -2.29. The summed E-state index contributed by atoms with van der Waals surface area (Å²) in [6.07, 6.45) is 8.50. The van der Waals surface area contributed by atoms with E-state index in [4.69, 9.17) is 23.2 Å². The van der Waals surface area contributed by atoms with Crippen LogP contribution < -0.4 is 10.1 Å². The standard InChI is InChI=1S/C26H24Cl2N4O3/c1-2-20-21(25(34)32(29-20)17-11-12-18(27)19(28)15-17)22-23(30-13-7-4-8-14-30)26(35)31(24(22)33)16-9-5-3-6-10-16/h4,7-8,11-16H,2-3,5-6,9-10H2,1H3/p+1. The number of aromatic amines is 1. The zero-order valence-electron chi connectivity index (χ0n) is 19.3. The Morgan fingerprint density at radius 2 is 1.69 bits per heavy atom. The van der Waals surface area contributed by atoms with Crippen LogP contribution in [0, 0.1) is 0 Å². The summed E-state index contributed by atoms with van der Waals surface area (Å²) < 4.78 is 2.98. The van der Waals surface area contributed by atoms with Crippen molar-refractivity contribution in [3.63, 3.8) is 0 Å². The summed E-state index contributed by atoms with van der Waals surface area (Å²) in [4.78, 5) is 42.8. The molecule has 0 spiro atoms. The van der Waals surface area contributed by atoms with Gasteiger partial charge < -0.3 is 0 Å². The molecular weight excluding hydrogens is 487 g/mol. The molecular formula is C26H25Cl2N4O3+. The van der Waals surface area contributed by atoms with Crippen molar-refractivity contribution in [2.75, 3.05) is 0 Å². The maximum absolute atomic E-state index is 13.9. The van der Waals surface area contributed by atoms with Crippen molar-refractivity contribution in [1.29, 1.82) is 0 Å². The van der Waals surface area contributed by atoms with Crippen LogP contribution in [0.2, 0.25) is 10.0 Å². The number of carbonyl (C=O) groups excluding carboxylic acids is 2. The Morgan fingerprint density at radius 3 is 2.34 bits per heavy atom. The Kier molecular flexibility index (Phi) is 6.38. The van der Waals surface area contributed by atoms with E-state index < -0.39 is 11.5 Å². The highest BCUT2D eigenvalue weighted by Gasteiger charge is 2.49. The van der Waals surface area contributed by atoms with E-state index in [-0.39, 0.29) is 28.8 Å². The van der Waals surface area contributed by atoms with Gasteiger partial charge in [0.25, 0.3) is 17.2 Å². The third kappa shape index (κ3) is 4.02. The summed E-state index contributed by atoms with van der Waals surface area (Å²) in [5.74, 6) is -0.780. The molecule has 9 heteroatoms. The van der Waals surface area contributed by atoms with Crippen LogP contribution in [0.1, 0.15) is 50.3 Å². The highest BCUT2D eigenvalue weighted by atomic mass is 35.5. The lowest BCUT2D eigenvalue weighted by atomic mass is 9.94. The second-order valence-corrected chi connectivity index (χ2v) is 9.65. The Balaban J connectivity index is 1.72. The van der Waals surface area contributed by atoms with Gasteiger partial charge in [0.1, 0.15) is 5.57 Å². The second kappa shape index (κ2) is 9.47. The van der Waals surface area contributed by atoms with E-state index in [1.54, 1.807) is 47.3 Å². The van der Waals surface area contributed by atoms with Crippen LogP contribution in [-0.2, 0) is 16.0 Å². The molecule has 3 aromatic rings. The van der Waals surface area contributed by atoms with Gasteiger partial charge in [0.05, 0.1) is 21.3 Å². The summed E-state index contributed by atoms with van der Waals surface area (Å²) >= 11 is 12.3. The first-order chi connectivity index (χ1) is 16.9. The van der Waals surface area contributed by atoms with E-state index in [0.717, 1.165) is 32.1 Å². The highest BCUT2D eigenvalue weighted by Crippen LogP contribution is 2.35. The quantitative estimate of drug-likeness (QED) is 0.407. The Morgan fingerprint density at radius 1 is 0.971 bits per heavy atom. The Bertz CT molecular complexity index is 1400. The lowest BCUT2D eigenvalue weighted by Crippen LogP contribution is -2.45. The third-order valence-corrected chi connectivity index (χ3v) is 7.47. The topological polar surface area (TPSA) is 79.1 Å². The second-order valence-electron chi connectivity index (χ2n) is 8.84. The van der Waals surface area contributed by atoms with Gasteiger partial charge >= 0.3 is 5.91 Å². The van der Waals surface area contributed by atoms with Crippen molar-refractivity contribution in [2.24, 2.45) is 0 Å². The number of benzene rings is 1. The molecule has 0 unspecified atom stereocenters. The van der Waals surface area contributed by atoms with Gasteiger partial charge in [0, 0.05) is 23.9 Å². The number of aromatic nitrogens is 3. The molecule has 0 radical (unpaired) electrons. The number of amides is 2. The molecule has 1 aliphatic heterocycles. The molecule has 2 aliphatic rings. The number of hydrogen-bond acceptors (Lipinski definition) is 3. The van der Waals surface area contributed by atoms with Crippen LogP contribution in [-0.4, -0.2) is 32.5 Å². The smallest absolute Gasteiger partial charge is 0.294 e. The monoisotopic (exact) mass is 511 g/mol. The molecule has 0 atom stereocenters. The number of nitrogens with one attached hydrogen (secondary N) is 1. The van der Waals surface area contributed by atoms with Crippen molar-refractivity contribution < 1.29 is 14.2 Å². The van der Waals surface area contributed by atoms with E-state index in [0.29, 0.717) is 27.8 Å². The maximum atomic E-state index is 13.9. The van der Waals surface area contributed by atoms with E-state index >= 15 is 0 Å². The molecule has 2 amide bonds. The average Bonchev–Trinajstić information content (AvgIpc) is 3.33. The Labute approximate surface area is 212 Å². The van der Waals surface area contributed by atoms with Gasteiger partial charge in [-0.2, -0.15) is 4.57 Å². The summed E-state index contributed by atoms with van der Waals surface area (Å²) in [7, 11) is 0. The lowest BCUT2D eigenvalue weighted by molar-refractivity contribution is -0.576. The minimum absolute atomic E-state index is 0.133. The van der Waals surface area contributed by atoms with Gasteiger partial charge in [-0.3, -0.25) is 24.4 Å². The number of imide groups is 1. The zero-order chi connectivity index (χ0) is 24.7. The van der Waals surface area contributed by atoms with Gasteiger partial charge in [-0.25, -0.2) is 4.68 Å². The van der Waals surface area contributed by atoms with Gasteiger partial charge in [0.15, 0.2) is 12.4 Å². The minimum Gasteiger partial charge on any atom is -0.294 e. The largest absolute Gasteiger partial charge is 0.327 e. The van der Waals surface area contributed by atoms with Crippen LogP contribution in [0.4, 0.5) is 0 Å². The predicted octanol–water partition coefficient (Wildman–Crippen LogP) is 4.39. The molecule has 35 heavy (non-hydrogen) atoms. The first kappa shape index (κ1) is 23.6. The maximum Gasteiger partial charge on any atom is 0.327 e. The average molecular weight is 512 g/mol. The molecule has 7 nitrogen and oxygen atoms in total. The van der Waals surface area contributed by atoms with Crippen molar-refractivity contribution in [2.45, 2.75) is 51.5 Å². The van der Waals surface area contributed by atoms with Crippen molar-refractivity contribution in [3.05, 3.63) is 80.4 Å². The van der Waals surface area contributed by atoms with Crippen LogP contribution >= 0.6 is 23.2 Å². The number of H-pyrrole nitrogens is 1. The van der Waals surface area contributed by atoms with Crippen molar-refractivity contribution >= 4 is 46.3 Å². The fourth-order valence-corrected chi connectivity index (χ4v) is 5.31. The van der Waals surface area contributed by atoms with Gasteiger partial charge in [-0.1, -0.05) is 55.5 Å². The SMILES string of the molecule is CCc1[nH]n(-c2ccc(Cl)c(Cl)c2)c(=O)c1C1=C([n+]2ccccc2)C(=O)N(C2CCCCC2)C1=O. The normalized spacial score (nSPS) is 17.1. The molecule has 1 aliphatic carbocycles. The first-order valence-corrected chi connectivity index (χ1v) is 12.6. The predicted molar refractivity (Wildman–Crippen MR) is 134 cm³/mol. The van der Waals surface area contributed by atoms with Crippen LogP contribution in [0.5, 0.6) is 0 Å². The third-order valence-electron chi connectivity index (χ3n) is 6.73. The van der Waals surface area contributed by atoms with E-state index in [1.165, 1.54) is 9.58 Å². The molecule has 1 saturated carbocycles. The van der Waals surface area contributed by atoms with Gasteiger partial charge in [0.2, 0.25) is 0 Å². The number of rotatable bonds is 5. The number of pyridine rings is 1. The molecule has 1 N–H and O–H groups in total. The number of nitrogens with zero attached hydrogens (tertiary/aromatic N) is 3. The summed E-state index contributed by atoms with van der Waals surface area (Å²) in [5, 5.41) is 3.80. The summed E-state index contributed by atoms with van der Waals surface area (Å²) in [6, 6.07) is 10.1. The first-order valence-electron chi connectivity index (χ1n) is 11.8. The van der Waals surface area contributed by atoms with Gasteiger partial charge in [-0.05, 0) is 37.5 Å². The molecule has 2 aromatic heterocycles. The number of aryl methyl sites for hydroxylation is 1. The molecule has 1 aromatic carbocycles. The Hall–Kier alpha value is -3.16. The van der Waals surface area contributed by atoms with E-state index in [2.05, 4.69) is 5.10 Å². The van der Waals surface area contributed by atoms with Gasteiger partial charge in [-0.15, -0.1) is 0 Å². The van der Waals surface area contributed by atoms with Crippen LogP contribution in [0.25, 0.3) is 17.0 Å². The molecule has 180 valence electrons. The van der Waals surface area contributed by atoms with E-state index in [1.807, 2.05) is 13.0 Å². The fourth-order valence-electron chi connectivity index (χ4n) is 5.02. The molecule has 5 rings (SSSR count). The van der Waals surface area contributed by atoms with E-state index in [9.17, 15) is 14.4 Å². The fraction of sp³-hybridized carbons (Fsp3) is 0.308. The number of carbonyl (C=O) groups is 2. The molecule has 3 heterocycles. The number of hydrogen-bond donors (Lipinski definition) is 1. The van der Waals surface area contributed by atoms with Crippen LogP contribution in [0.3, 0.4) is 0 Å². The number of halogens is 2. The van der Waals surface area contributed by atoms with Crippen LogP contribution in [0.15, 0.2) is 53.6 Å². The molecule has 1 fully saturated rings. The highest BCUT2D eigenvalue weighted by molar-refractivity contribution is 6.44. The minimum atomic E-state index is -0.420. The van der Waals surface area contributed by atoms with Crippen molar-refractivity contribution in [3.8, 4) is 5.69 Å². The summed E-state index contributed by atoms with van der Waals surface area (Å²) in [6.45, 7) is 1.89. The zero-order valence-corrected chi connectivity index (χ0v) is 20.8. The molecule has 0 bridgehead atoms. The molecule has 0 saturated heterocycles. The van der Waals surface area contributed by atoms with Crippen molar-refractivity contribution in [1.82, 2.24) is 14.7 Å². The summed E-state index contributed by atoms with van der Waals surface area (Å²) in [5.41, 5.74) is 1.18.